The monoisotopic (exact) mass is 588 g/mol. The fourth-order valence-corrected chi connectivity index (χ4v) is 11.0. The van der Waals surface area contributed by atoms with Gasteiger partial charge in [-0.2, -0.15) is 0 Å². The molecule has 0 amide bonds. The summed E-state index contributed by atoms with van der Waals surface area (Å²) >= 11 is 0. The van der Waals surface area contributed by atoms with Crippen molar-refractivity contribution in [3.63, 3.8) is 0 Å². The number of esters is 2. The molecule has 8 nitrogen and oxygen atoms in total. The zero-order valence-corrected chi connectivity index (χ0v) is 27.1. The first-order valence-electron chi connectivity index (χ1n) is 15.8. The quantitative estimate of drug-likeness (QED) is 0.261. The Kier molecular flexibility index (Phi) is 8.25. The van der Waals surface area contributed by atoms with Crippen LogP contribution in [0.1, 0.15) is 114 Å². The van der Waals surface area contributed by atoms with Crippen LogP contribution in [-0.2, 0) is 28.7 Å². The molecule has 42 heavy (non-hydrogen) atoms. The van der Waals surface area contributed by atoms with Gasteiger partial charge in [-0.3, -0.25) is 14.4 Å². The van der Waals surface area contributed by atoms with Crippen molar-refractivity contribution >= 4 is 23.9 Å². The molecule has 0 heterocycles. The average molecular weight is 589 g/mol. The van der Waals surface area contributed by atoms with Crippen molar-refractivity contribution in [3.8, 4) is 0 Å². The largest absolute Gasteiger partial charge is 0.480 e. The van der Waals surface area contributed by atoms with Crippen LogP contribution < -0.4 is 0 Å². The second kappa shape index (κ2) is 10.7. The lowest BCUT2D eigenvalue weighted by atomic mass is 9.32. The number of fused-ring (bicyclic) bond motifs is 5. The van der Waals surface area contributed by atoms with E-state index in [0.29, 0.717) is 30.3 Å². The molecule has 0 aromatic carbocycles. The number of carbonyl (C=O) groups excluding carboxylic acids is 2. The molecule has 0 bridgehead atoms. The molecule has 8 atom stereocenters. The number of carboxylic acid groups (broad SMARTS) is 2. The number of ether oxygens (including phenoxy) is 2. The van der Waals surface area contributed by atoms with Crippen LogP contribution in [0.15, 0.2) is 11.1 Å². The van der Waals surface area contributed by atoms with Crippen LogP contribution in [-0.4, -0.2) is 46.8 Å². The highest BCUT2D eigenvalue weighted by molar-refractivity contribution is 5.91. The Morgan fingerprint density at radius 2 is 1.45 bits per heavy atom. The van der Waals surface area contributed by atoms with Crippen molar-refractivity contribution in [1.82, 2.24) is 0 Å². The third-order valence-electron chi connectivity index (χ3n) is 13.1. The third kappa shape index (κ3) is 4.61. The Bertz CT molecular complexity index is 1180. The summed E-state index contributed by atoms with van der Waals surface area (Å²) in [6, 6.07) is 0. The predicted molar refractivity (Wildman–Crippen MR) is 157 cm³/mol. The Balaban J connectivity index is 1.84. The second-order valence-electron chi connectivity index (χ2n) is 15.5. The molecular formula is C34H52O8. The maximum atomic E-state index is 13.2. The summed E-state index contributed by atoms with van der Waals surface area (Å²) in [6.45, 7) is 17.6. The summed E-state index contributed by atoms with van der Waals surface area (Å²) in [6.07, 6.45) is 5.99. The molecule has 8 heteroatoms. The Morgan fingerprint density at radius 1 is 0.810 bits per heavy atom. The molecule has 4 aliphatic carbocycles. The second-order valence-corrected chi connectivity index (χ2v) is 15.5. The lowest BCUT2D eigenvalue weighted by Gasteiger charge is -2.72. The molecule has 0 aromatic heterocycles. The standard InChI is InChI=1S/C34H52O8/c1-19(2)26(28(37)38)27-22-10-11-24-31(7)14-13-25(42-21(4)36)30(5,6)23(31)12-15-33(24,9)32(22,8)16-17-34(27,29(39)40)18-41-20(3)35/h19,22-25H,10-18H2,1-9H3,(H,37,38)(H,39,40)/t22-,23+,24-,25+,31+,32-,33-,34+/m1/s1. The van der Waals surface area contributed by atoms with Crippen molar-refractivity contribution in [2.45, 2.75) is 120 Å². The summed E-state index contributed by atoms with van der Waals surface area (Å²) in [5, 5.41) is 21.2. The highest BCUT2D eigenvalue weighted by atomic mass is 16.5. The van der Waals surface area contributed by atoms with Crippen LogP contribution in [0.2, 0.25) is 0 Å². The van der Waals surface area contributed by atoms with E-state index in [1.807, 2.05) is 13.8 Å². The van der Waals surface area contributed by atoms with Crippen LogP contribution >= 0.6 is 0 Å². The number of carbonyl (C=O) groups is 4. The molecule has 236 valence electrons. The van der Waals surface area contributed by atoms with Gasteiger partial charge in [-0.05, 0) is 96.9 Å². The van der Waals surface area contributed by atoms with E-state index in [1.54, 1.807) is 0 Å². The minimum absolute atomic E-state index is 0.0117. The molecule has 4 saturated carbocycles. The Morgan fingerprint density at radius 3 is 1.98 bits per heavy atom. The minimum Gasteiger partial charge on any atom is -0.480 e. The van der Waals surface area contributed by atoms with Gasteiger partial charge in [-0.1, -0.05) is 48.5 Å². The van der Waals surface area contributed by atoms with Crippen molar-refractivity contribution in [1.29, 1.82) is 0 Å². The van der Waals surface area contributed by atoms with Crippen molar-refractivity contribution in [3.05, 3.63) is 11.1 Å². The SMILES string of the molecule is CC(=O)OC[C@@]1(C(=O)O)CC[C@]2(C)[C@H](CC[C@@H]3[C@@]4(C)CC[C@H](OC(C)=O)C(C)(C)[C@@H]4CC[C@]32C)C1=C(C(=O)O)C(C)C. The van der Waals surface area contributed by atoms with E-state index in [1.165, 1.54) is 13.8 Å². The summed E-state index contributed by atoms with van der Waals surface area (Å²) in [4.78, 5) is 49.9. The smallest absolute Gasteiger partial charge is 0.331 e. The van der Waals surface area contributed by atoms with Crippen molar-refractivity contribution < 1.29 is 38.9 Å². The van der Waals surface area contributed by atoms with Crippen molar-refractivity contribution in [2.24, 2.45) is 50.7 Å². The van der Waals surface area contributed by atoms with E-state index in [9.17, 15) is 29.4 Å². The van der Waals surface area contributed by atoms with Gasteiger partial charge in [0.1, 0.15) is 18.1 Å². The van der Waals surface area contributed by atoms with Crippen LogP contribution in [0.25, 0.3) is 0 Å². The van der Waals surface area contributed by atoms with Gasteiger partial charge in [0.15, 0.2) is 0 Å². The molecule has 0 radical (unpaired) electrons. The zero-order valence-electron chi connectivity index (χ0n) is 27.1. The number of rotatable bonds is 6. The number of carboxylic acids is 2. The summed E-state index contributed by atoms with van der Waals surface area (Å²) in [5.41, 5.74) is -1.58. The van der Waals surface area contributed by atoms with Gasteiger partial charge in [0, 0.05) is 24.8 Å². The summed E-state index contributed by atoms with van der Waals surface area (Å²) < 4.78 is 11.2. The van der Waals surface area contributed by atoms with Crippen molar-refractivity contribution in [2.75, 3.05) is 6.61 Å². The normalized spacial score (nSPS) is 42.0. The predicted octanol–water partition coefficient (Wildman–Crippen LogP) is 6.66. The zero-order chi connectivity index (χ0) is 31.6. The van der Waals surface area contributed by atoms with E-state index in [4.69, 9.17) is 9.47 Å². The fourth-order valence-electron chi connectivity index (χ4n) is 11.0. The van der Waals surface area contributed by atoms with Gasteiger partial charge in [-0.25, -0.2) is 4.79 Å². The topological polar surface area (TPSA) is 127 Å². The van der Waals surface area contributed by atoms with Crippen LogP contribution in [0.3, 0.4) is 0 Å². The summed E-state index contributed by atoms with van der Waals surface area (Å²) in [5.74, 6) is -2.93. The third-order valence-corrected chi connectivity index (χ3v) is 13.1. The number of hydrogen-bond acceptors (Lipinski definition) is 6. The van der Waals surface area contributed by atoms with E-state index in [2.05, 4.69) is 34.6 Å². The average Bonchev–Trinajstić information content (AvgIpc) is 2.85. The van der Waals surface area contributed by atoms with Gasteiger partial charge in [-0.15, -0.1) is 0 Å². The molecule has 0 unspecified atom stereocenters. The molecular weight excluding hydrogens is 536 g/mol. The lowest BCUT2D eigenvalue weighted by Crippen LogP contribution is -2.66. The van der Waals surface area contributed by atoms with E-state index in [-0.39, 0.29) is 58.3 Å². The lowest BCUT2D eigenvalue weighted by molar-refractivity contribution is -0.234. The van der Waals surface area contributed by atoms with E-state index >= 15 is 0 Å². The Hall–Kier alpha value is -2.38. The van der Waals surface area contributed by atoms with E-state index in [0.717, 1.165) is 32.1 Å². The van der Waals surface area contributed by atoms with Gasteiger partial charge >= 0.3 is 23.9 Å². The van der Waals surface area contributed by atoms with Gasteiger partial charge < -0.3 is 19.7 Å². The highest BCUT2D eigenvalue weighted by Crippen LogP contribution is 2.76. The molecule has 4 aliphatic rings. The highest BCUT2D eigenvalue weighted by Gasteiger charge is 2.70. The van der Waals surface area contributed by atoms with Crippen LogP contribution in [0.4, 0.5) is 0 Å². The number of hydrogen-bond donors (Lipinski definition) is 2. The molecule has 0 aliphatic heterocycles. The van der Waals surface area contributed by atoms with Gasteiger partial charge in [0.25, 0.3) is 0 Å². The molecule has 0 aromatic rings. The maximum absolute atomic E-state index is 13.2. The molecule has 0 spiro atoms. The first kappa shape index (κ1) is 32.5. The maximum Gasteiger partial charge on any atom is 0.331 e. The molecule has 2 N–H and O–H groups in total. The van der Waals surface area contributed by atoms with Crippen LogP contribution in [0.5, 0.6) is 0 Å². The Labute approximate surface area is 251 Å². The van der Waals surface area contributed by atoms with Crippen LogP contribution in [0, 0.1) is 50.7 Å². The first-order valence-corrected chi connectivity index (χ1v) is 15.8. The number of aliphatic carboxylic acids is 2. The summed E-state index contributed by atoms with van der Waals surface area (Å²) in [7, 11) is 0. The van der Waals surface area contributed by atoms with Gasteiger partial charge in [0.2, 0.25) is 0 Å². The van der Waals surface area contributed by atoms with Gasteiger partial charge in [0.05, 0.1) is 0 Å². The van der Waals surface area contributed by atoms with E-state index < -0.39 is 29.2 Å². The molecule has 4 fully saturated rings. The first-order chi connectivity index (χ1) is 19.3. The minimum atomic E-state index is -1.57. The molecule has 0 saturated heterocycles. The fraction of sp³-hybridized carbons (Fsp3) is 0.824. The molecule has 4 rings (SSSR count).